The maximum atomic E-state index is 12.0. The van der Waals surface area contributed by atoms with Crippen LogP contribution in [0.2, 0.25) is 0 Å². The zero-order valence-corrected chi connectivity index (χ0v) is 11.3. The van der Waals surface area contributed by atoms with Gasteiger partial charge in [-0.05, 0) is 25.0 Å². The largest absolute Gasteiger partial charge is 0.381 e. The van der Waals surface area contributed by atoms with Crippen molar-refractivity contribution in [2.24, 2.45) is 5.92 Å². The van der Waals surface area contributed by atoms with Crippen LogP contribution in [0.3, 0.4) is 0 Å². The predicted octanol–water partition coefficient (Wildman–Crippen LogP) is 1.67. The molecule has 1 amide bonds. The molecule has 0 saturated carbocycles. The van der Waals surface area contributed by atoms with Crippen LogP contribution >= 0.6 is 0 Å². The van der Waals surface area contributed by atoms with E-state index >= 15 is 0 Å². The van der Waals surface area contributed by atoms with Crippen LogP contribution in [0.25, 0.3) is 0 Å². The van der Waals surface area contributed by atoms with Crippen LogP contribution in [-0.4, -0.2) is 37.2 Å². The molecule has 1 atom stereocenters. The zero-order valence-electron chi connectivity index (χ0n) is 11.3. The minimum Gasteiger partial charge on any atom is -0.381 e. The monoisotopic (exact) mass is 263 g/mol. The van der Waals surface area contributed by atoms with Gasteiger partial charge in [-0.15, -0.1) is 0 Å². The van der Waals surface area contributed by atoms with E-state index in [1.165, 1.54) is 0 Å². The number of rotatable bonds is 6. The van der Waals surface area contributed by atoms with Crippen molar-refractivity contribution < 1.29 is 9.53 Å². The maximum absolute atomic E-state index is 12.0. The summed E-state index contributed by atoms with van der Waals surface area (Å²) in [7, 11) is 0. The molecule has 1 aromatic heterocycles. The molecule has 0 radical (unpaired) electrons. The normalized spacial score (nSPS) is 18.3. The number of anilines is 1. The van der Waals surface area contributed by atoms with Crippen molar-refractivity contribution in [1.82, 2.24) is 10.3 Å². The average molecular weight is 263 g/mol. The molecule has 1 aliphatic heterocycles. The number of carbonyl (C=O) groups is 1. The Morgan fingerprint density at radius 2 is 2.47 bits per heavy atom. The summed E-state index contributed by atoms with van der Waals surface area (Å²) < 4.78 is 5.29. The number of nitrogens with zero attached hydrogens (tertiary/aromatic N) is 1. The fourth-order valence-electron chi connectivity index (χ4n) is 2.00. The number of carbonyl (C=O) groups excluding carboxylic acids is 1. The molecular weight excluding hydrogens is 242 g/mol. The summed E-state index contributed by atoms with van der Waals surface area (Å²) in [5.74, 6) is 1.15. The van der Waals surface area contributed by atoms with Crippen molar-refractivity contribution in [2.45, 2.75) is 19.8 Å². The van der Waals surface area contributed by atoms with E-state index in [2.05, 4.69) is 22.5 Å². The van der Waals surface area contributed by atoms with Crippen LogP contribution in [0.5, 0.6) is 0 Å². The molecule has 2 heterocycles. The van der Waals surface area contributed by atoms with Gasteiger partial charge in [-0.1, -0.05) is 6.92 Å². The van der Waals surface area contributed by atoms with Gasteiger partial charge in [-0.25, -0.2) is 4.98 Å². The summed E-state index contributed by atoms with van der Waals surface area (Å²) in [5, 5.41) is 6.13. The second-order valence-corrected chi connectivity index (χ2v) is 4.80. The molecule has 1 saturated heterocycles. The van der Waals surface area contributed by atoms with Crippen LogP contribution < -0.4 is 10.6 Å². The number of hydrogen-bond acceptors (Lipinski definition) is 4. The highest BCUT2D eigenvalue weighted by atomic mass is 16.5. The molecule has 1 fully saturated rings. The average Bonchev–Trinajstić information content (AvgIpc) is 2.96. The van der Waals surface area contributed by atoms with Crippen molar-refractivity contribution in [3.8, 4) is 0 Å². The molecule has 1 aliphatic rings. The fourth-order valence-corrected chi connectivity index (χ4v) is 2.00. The summed E-state index contributed by atoms with van der Waals surface area (Å²) >= 11 is 0. The van der Waals surface area contributed by atoms with E-state index in [1.807, 2.05) is 0 Å². The number of amides is 1. The number of ether oxygens (including phenoxy) is 1. The molecule has 2 N–H and O–H groups in total. The highest BCUT2D eigenvalue weighted by Crippen LogP contribution is 2.11. The first-order valence-electron chi connectivity index (χ1n) is 6.85. The van der Waals surface area contributed by atoms with E-state index < -0.39 is 0 Å². The third-order valence-electron chi connectivity index (χ3n) is 3.15. The van der Waals surface area contributed by atoms with Crippen LogP contribution in [-0.2, 0) is 4.74 Å². The molecule has 0 bridgehead atoms. The van der Waals surface area contributed by atoms with Gasteiger partial charge in [0.05, 0.1) is 6.61 Å². The summed E-state index contributed by atoms with van der Waals surface area (Å²) in [4.78, 5) is 16.2. The first kappa shape index (κ1) is 13.8. The molecule has 2 rings (SSSR count). The van der Waals surface area contributed by atoms with E-state index in [0.717, 1.165) is 38.4 Å². The lowest BCUT2D eigenvalue weighted by Crippen LogP contribution is -2.29. The Morgan fingerprint density at radius 1 is 1.58 bits per heavy atom. The smallest absolute Gasteiger partial charge is 0.251 e. The lowest BCUT2D eigenvalue weighted by atomic mass is 10.1. The van der Waals surface area contributed by atoms with E-state index in [1.54, 1.807) is 18.3 Å². The van der Waals surface area contributed by atoms with Gasteiger partial charge in [0.2, 0.25) is 0 Å². The standard InChI is InChI=1S/C14H21N3O2/c1-2-5-15-13-8-12(3-6-16-13)14(18)17-9-11-4-7-19-10-11/h3,6,8,11H,2,4-5,7,9-10H2,1H3,(H,15,16)(H,17,18). The topological polar surface area (TPSA) is 63.2 Å². The molecule has 0 aromatic carbocycles. The Hall–Kier alpha value is -1.62. The van der Waals surface area contributed by atoms with Gasteiger partial charge in [-0.3, -0.25) is 4.79 Å². The lowest BCUT2D eigenvalue weighted by molar-refractivity contribution is 0.0945. The number of aromatic nitrogens is 1. The number of pyridine rings is 1. The first-order valence-corrected chi connectivity index (χ1v) is 6.85. The Labute approximate surface area is 113 Å². The molecular formula is C14H21N3O2. The zero-order chi connectivity index (χ0) is 13.5. The van der Waals surface area contributed by atoms with Gasteiger partial charge in [0.1, 0.15) is 5.82 Å². The van der Waals surface area contributed by atoms with Crippen LogP contribution in [0, 0.1) is 5.92 Å². The van der Waals surface area contributed by atoms with Crippen molar-refractivity contribution in [1.29, 1.82) is 0 Å². The summed E-state index contributed by atoms with van der Waals surface area (Å²) in [6.45, 7) is 5.18. The van der Waals surface area contributed by atoms with Crippen molar-refractivity contribution >= 4 is 11.7 Å². The Balaban J connectivity index is 1.86. The second-order valence-electron chi connectivity index (χ2n) is 4.80. The van der Waals surface area contributed by atoms with Gasteiger partial charge in [0, 0.05) is 37.4 Å². The van der Waals surface area contributed by atoms with Gasteiger partial charge in [0.25, 0.3) is 5.91 Å². The Bertz CT molecular complexity index is 417. The third kappa shape index (κ3) is 4.21. The predicted molar refractivity (Wildman–Crippen MR) is 74.3 cm³/mol. The Morgan fingerprint density at radius 3 is 3.21 bits per heavy atom. The minimum atomic E-state index is -0.0474. The third-order valence-corrected chi connectivity index (χ3v) is 3.15. The van der Waals surface area contributed by atoms with E-state index in [0.29, 0.717) is 18.0 Å². The van der Waals surface area contributed by atoms with Gasteiger partial charge in [-0.2, -0.15) is 0 Å². The van der Waals surface area contributed by atoms with E-state index in [4.69, 9.17) is 4.74 Å². The maximum Gasteiger partial charge on any atom is 0.251 e. The highest BCUT2D eigenvalue weighted by Gasteiger charge is 2.16. The summed E-state index contributed by atoms with van der Waals surface area (Å²) in [6, 6.07) is 3.52. The van der Waals surface area contributed by atoms with Gasteiger partial charge in [0.15, 0.2) is 0 Å². The second kappa shape index (κ2) is 7.09. The molecule has 0 spiro atoms. The molecule has 5 nitrogen and oxygen atoms in total. The first-order chi connectivity index (χ1) is 9.29. The molecule has 0 aliphatic carbocycles. The van der Waals surface area contributed by atoms with Gasteiger partial charge >= 0.3 is 0 Å². The van der Waals surface area contributed by atoms with E-state index in [9.17, 15) is 4.79 Å². The molecule has 1 unspecified atom stereocenters. The van der Waals surface area contributed by atoms with Crippen LogP contribution in [0.4, 0.5) is 5.82 Å². The SMILES string of the molecule is CCCNc1cc(C(=O)NCC2CCOC2)ccn1. The number of hydrogen-bond donors (Lipinski definition) is 2. The number of nitrogens with one attached hydrogen (secondary N) is 2. The molecule has 1 aromatic rings. The summed E-state index contributed by atoms with van der Waals surface area (Å²) in [5.41, 5.74) is 0.646. The van der Waals surface area contributed by atoms with Crippen molar-refractivity contribution in [3.05, 3.63) is 23.9 Å². The van der Waals surface area contributed by atoms with Crippen molar-refractivity contribution in [2.75, 3.05) is 31.6 Å². The van der Waals surface area contributed by atoms with Crippen LogP contribution in [0.1, 0.15) is 30.1 Å². The lowest BCUT2D eigenvalue weighted by Gasteiger charge is -2.10. The highest BCUT2D eigenvalue weighted by molar-refractivity contribution is 5.94. The summed E-state index contributed by atoms with van der Waals surface area (Å²) in [6.07, 6.45) is 3.71. The fraction of sp³-hybridized carbons (Fsp3) is 0.571. The minimum absolute atomic E-state index is 0.0474. The molecule has 104 valence electrons. The molecule has 19 heavy (non-hydrogen) atoms. The van der Waals surface area contributed by atoms with Gasteiger partial charge < -0.3 is 15.4 Å². The quantitative estimate of drug-likeness (QED) is 0.819. The van der Waals surface area contributed by atoms with E-state index in [-0.39, 0.29) is 5.91 Å². The van der Waals surface area contributed by atoms with Crippen LogP contribution in [0.15, 0.2) is 18.3 Å². The van der Waals surface area contributed by atoms with Crippen molar-refractivity contribution in [3.63, 3.8) is 0 Å². The molecule has 5 heteroatoms. The Kier molecular flexibility index (Phi) is 5.15.